The van der Waals surface area contributed by atoms with Crippen molar-refractivity contribution >= 4 is 34.3 Å². The molecular formula is C22H20N4O4. The molecule has 1 fully saturated rings. The summed E-state index contributed by atoms with van der Waals surface area (Å²) in [6, 6.07) is 17.7. The molecule has 0 aromatic heterocycles. The number of anilines is 1. The lowest BCUT2D eigenvalue weighted by Crippen LogP contribution is -2.36. The molecule has 3 aromatic rings. The van der Waals surface area contributed by atoms with Crippen molar-refractivity contribution in [1.29, 1.82) is 0 Å². The Morgan fingerprint density at radius 3 is 2.67 bits per heavy atom. The van der Waals surface area contributed by atoms with Crippen molar-refractivity contribution in [2.75, 3.05) is 31.2 Å². The molecule has 1 saturated heterocycles. The number of nitrogens with zero attached hydrogens (tertiary/aromatic N) is 3. The average molecular weight is 404 g/mol. The number of morpholine rings is 1. The highest BCUT2D eigenvalue weighted by atomic mass is 16.6. The molecule has 0 unspecified atom stereocenters. The van der Waals surface area contributed by atoms with Crippen molar-refractivity contribution in [3.05, 3.63) is 81.9 Å². The van der Waals surface area contributed by atoms with Gasteiger partial charge in [0.2, 0.25) is 0 Å². The molecule has 0 saturated carbocycles. The third-order valence-electron chi connectivity index (χ3n) is 4.98. The van der Waals surface area contributed by atoms with E-state index < -0.39 is 4.92 Å². The van der Waals surface area contributed by atoms with Crippen molar-refractivity contribution in [2.24, 2.45) is 5.10 Å². The van der Waals surface area contributed by atoms with Crippen LogP contribution in [0.3, 0.4) is 0 Å². The van der Waals surface area contributed by atoms with Gasteiger partial charge < -0.3 is 9.64 Å². The molecule has 152 valence electrons. The van der Waals surface area contributed by atoms with Gasteiger partial charge in [0.15, 0.2) is 0 Å². The quantitative estimate of drug-likeness (QED) is 0.400. The van der Waals surface area contributed by atoms with Gasteiger partial charge in [0, 0.05) is 42.0 Å². The Kier molecular flexibility index (Phi) is 5.67. The van der Waals surface area contributed by atoms with E-state index in [2.05, 4.69) is 15.4 Å². The van der Waals surface area contributed by atoms with E-state index in [0.29, 0.717) is 37.4 Å². The summed E-state index contributed by atoms with van der Waals surface area (Å²) in [7, 11) is 0. The van der Waals surface area contributed by atoms with Crippen molar-refractivity contribution in [3.63, 3.8) is 0 Å². The van der Waals surface area contributed by atoms with Crippen LogP contribution in [0, 0.1) is 10.1 Å². The number of ether oxygens (including phenoxy) is 1. The van der Waals surface area contributed by atoms with E-state index in [1.54, 1.807) is 12.1 Å². The fourth-order valence-corrected chi connectivity index (χ4v) is 3.50. The van der Waals surface area contributed by atoms with Gasteiger partial charge in [-0.05, 0) is 22.9 Å². The highest BCUT2D eigenvalue weighted by Gasteiger charge is 2.17. The summed E-state index contributed by atoms with van der Waals surface area (Å²) in [6.45, 7) is 2.54. The molecule has 1 N–H and O–H groups in total. The Morgan fingerprint density at radius 2 is 1.87 bits per heavy atom. The summed E-state index contributed by atoms with van der Waals surface area (Å²) in [5, 5.41) is 17.1. The van der Waals surface area contributed by atoms with Crippen LogP contribution in [0.15, 0.2) is 65.8 Å². The molecule has 1 amide bonds. The molecule has 30 heavy (non-hydrogen) atoms. The second-order valence-corrected chi connectivity index (χ2v) is 6.83. The highest BCUT2D eigenvalue weighted by molar-refractivity contribution is 6.07. The lowest BCUT2D eigenvalue weighted by atomic mass is 10.0. The van der Waals surface area contributed by atoms with Crippen LogP contribution in [0.4, 0.5) is 11.4 Å². The SMILES string of the molecule is O=C(N/N=C\c1cc([N+](=O)[O-])ccc1N1CCOCC1)c1cccc2ccccc12. The van der Waals surface area contributed by atoms with Gasteiger partial charge in [-0.1, -0.05) is 36.4 Å². The summed E-state index contributed by atoms with van der Waals surface area (Å²) in [6.07, 6.45) is 1.45. The molecular weight excluding hydrogens is 384 g/mol. The van der Waals surface area contributed by atoms with Gasteiger partial charge in [-0.3, -0.25) is 14.9 Å². The van der Waals surface area contributed by atoms with Crippen molar-refractivity contribution in [2.45, 2.75) is 0 Å². The van der Waals surface area contributed by atoms with Gasteiger partial charge >= 0.3 is 0 Å². The number of hydrazone groups is 1. The molecule has 0 bridgehead atoms. The minimum atomic E-state index is -0.449. The van der Waals surface area contributed by atoms with Crippen LogP contribution in [0.5, 0.6) is 0 Å². The van der Waals surface area contributed by atoms with Crippen LogP contribution < -0.4 is 10.3 Å². The molecule has 3 aromatic carbocycles. The van der Waals surface area contributed by atoms with Crippen LogP contribution in [0.1, 0.15) is 15.9 Å². The van der Waals surface area contributed by atoms with Crippen LogP contribution >= 0.6 is 0 Å². The van der Waals surface area contributed by atoms with Gasteiger partial charge in [0.25, 0.3) is 11.6 Å². The maximum atomic E-state index is 12.7. The van der Waals surface area contributed by atoms with E-state index in [1.165, 1.54) is 18.3 Å². The average Bonchev–Trinajstić information content (AvgIpc) is 2.79. The molecule has 0 radical (unpaired) electrons. The maximum absolute atomic E-state index is 12.7. The summed E-state index contributed by atoms with van der Waals surface area (Å²) >= 11 is 0. The lowest BCUT2D eigenvalue weighted by Gasteiger charge is -2.29. The molecule has 0 aliphatic carbocycles. The van der Waals surface area contributed by atoms with Crippen LogP contribution in [0.25, 0.3) is 10.8 Å². The second kappa shape index (κ2) is 8.71. The van der Waals surface area contributed by atoms with Gasteiger partial charge in [0.05, 0.1) is 24.4 Å². The normalized spacial score (nSPS) is 14.2. The monoisotopic (exact) mass is 404 g/mol. The summed E-state index contributed by atoms with van der Waals surface area (Å²) in [5.41, 5.74) is 4.39. The predicted octanol–water partition coefficient (Wildman–Crippen LogP) is 3.35. The van der Waals surface area contributed by atoms with E-state index in [9.17, 15) is 14.9 Å². The number of benzene rings is 3. The minimum absolute atomic E-state index is 0.0335. The Balaban J connectivity index is 1.58. The molecule has 0 atom stereocenters. The third kappa shape index (κ3) is 4.13. The minimum Gasteiger partial charge on any atom is -0.378 e. The molecule has 8 nitrogen and oxygen atoms in total. The first-order chi connectivity index (χ1) is 14.6. The van der Waals surface area contributed by atoms with Gasteiger partial charge in [-0.2, -0.15) is 5.10 Å². The summed E-state index contributed by atoms with van der Waals surface area (Å²) in [5.74, 6) is -0.346. The van der Waals surface area contributed by atoms with Crippen molar-refractivity contribution in [3.8, 4) is 0 Å². The number of carbonyl (C=O) groups excluding carboxylic acids is 1. The summed E-state index contributed by atoms with van der Waals surface area (Å²) in [4.78, 5) is 25.5. The van der Waals surface area contributed by atoms with Crippen molar-refractivity contribution in [1.82, 2.24) is 5.43 Å². The number of nitro groups is 1. The van der Waals surface area contributed by atoms with Crippen LogP contribution in [-0.4, -0.2) is 43.3 Å². The standard InChI is InChI=1S/C22H20N4O4/c27-22(20-7-3-5-16-4-1-2-6-19(16)20)24-23-15-17-14-18(26(28)29)8-9-21(17)25-10-12-30-13-11-25/h1-9,14-15H,10-13H2,(H,24,27)/b23-15-. The lowest BCUT2D eigenvalue weighted by molar-refractivity contribution is -0.384. The van der Waals surface area contributed by atoms with Gasteiger partial charge in [0.1, 0.15) is 0 Å². The first-order valence-corrected chi connectivity index (χ1v) is 9.56. The fraction of sp³-hybridized carbons (Fsp3) is 0.182. The molecule has 1 aliphatic rings. The highest BCUT2D eigenvalue weighted by Crippen LogP contribution is 2.25. The van der Waals surface area contributed by atoms with E-state index in [1.807, 2.05) is 36.4 Å². The Bertz CT molecular complexity index is 1120. The largest absolute Gasteiger partial charge is 0.378 e. The van der Waals surface area contributed by atoms with Gasteiger partial charge in [-0.25, -0.2) is 5.43 Å². The maximum Gasteiger partial charge on any atom is 0.271 e. The zero-order valence-corrected chi connectivity index (χ0v) is 16.2. The number of nitrogens with one attached hydrogen (secondary N) is 1. The second-order valence-electron chi connectivity index (χ2n) is 6.83. The van der Waals surface area contributed by atoms with Gasteiger partial charge in [-0.15, -0.1) is 0 Å². The predicted molar refractivity (Wildman–Crippen MR) is 115 cm³/mol. The molecule has 1 aliphatic heterocycles. The van der Waals surface area contributed by atoms with Crippen molar-refractivity contribution < 1.29 is 14.5 Å². The number of nitro benzene ring substituents is 1. The number of amides is 1. The van der Waals surface area contributed by atoms with E-state index >= 15 is 0 Å². The summed E-state index contributed by atoms with van der Waals surface area (Å²) < 4.78 is 5.38. The number of hydrogen-bond donors (Lipinski definition) is 1. The third-order valence-corrected chi connectivity index (χ3v) is 4.98. The van der Waals surface area contributed by atoms with E-state index in [4.69, 9.17) is 4.74 Å². The zero-order chi connectivity index (χ0) is 20.9. The fourth-order valence-electron chi connectivity index (χ4n) is 3.50. The Hall–Kier alpha value is -3.78. The molecule has 1 heterocycles. The number of fused-ring (bicyclic) bond motifs is 1. The number of carbonyl (C=O) groups is 1. The van der Waals surface area contributed by atoms with E-state index in [-0.39, 0.29) is 11.6 Å². The first-order valence-electron chi connectivity index (χ1n) is 9.56. The molecule has 0 spiro atoms. The number of rotatable bonds is 5. The number of non-ortho nitro benzene ring substituents is 1. The molecule has 4 rings (SSSR count). The van der Waals surface area contributed by atoms with E-state index in [0.717, 1.165) is 16.5 Å². The Morgan fingerprint density at radius 1 is 1.10 bits per heavy atom. The van der Waals surface area contributed by atoms with Crippen LogP contribution in [-0.2, 0) is 4.74 Å². The topological polar surface area (TPSA) is 97.1 Å². The van der Waals surface area contributed by atoms with Crippen LogP contribution in [0.2, 0.25) is 0 Å². The Labute approximate surface area is 172 Å². The number of hydrogen-bond acceptors (Lipinski definition) is 6. The molecule has 8 heteroatoms. The smallest absolute Gasteiger partial charge is 0.271 e. The first kappa shape index (κ1) is 19.5. The zero-order valence-electron chi connectivity index (χ0n) is 16.2.